The van der Waals surface area contributed by atoms with Gasteiger partial charge >= 0.3 is 0 Å². The summed E-state index contributed by atoms with van der Waals surface area (Å²) in [5.41, 5.74) is 1.68. The van der Waals surface area contributed by atoms with E-state index >= 15 is 0 Å². The quantitative estimate of drug-likeness (QED) is 0.662. The van der Waals surface area contributed by atoms with Crippen LogP contribution in [0.1, 0.15) is 12.0 Å². The number of hydrogen-bond donors (Lipinski definition) is 3. The topological polar surface area (TPSA) is 68.4 Å². The van der Waals surface area contributed by atoms with Crippen molar-refractivity contribution in [1.82, 2.24) is 15.2 Å². The fraction of sp³-hybridized carbons (Fsp3) is 0.136. The standard InChI is InChI=1S/C22H22FN3O2S/c1-2-24-13-21-25-22(28)20(29-21)12-16-7-5-6-10-26(18(11-16)15-27)14-17-8-3-4-9-19(17)23/h2-5,7-9,11-13,15,24,27H,1,6,10,14H2,(H,25,28)/b7-5-,16-11+,18-15-,20-12-,21-13+. The summed E-state index contributed by atoms with van der Waals surface area (Å²) in [6.45, 7) is 4.53. The molecule has 0 atom stereocenters. The normalized spacial score (nSPS) is 20.1. The minimum atomic E-state index is -0.278. The van der Waals surface area contributed by atoms with Crippen molar-refractivity contribution in [2.75, 3.05) is 6.54 Å². The summed E-state index contributed by atoms with van der Waals surface area (Å²) in [6.07, 6.45) is 12.4. The molecule has 150 valence electrons. The monoisotopic (exact) mass is 411 g/mol. The van der Waals surface area contributed by atoms with Crippen molar-refractivity contribution in [3.8, 4) is 0 Å². The number of benzene rings is 1. The van der Waals surface area contributed by atoms with Gasteiger partial charge in [-0.2, -0.15) is 0 Å². The van der Waals surface area contributed by atoms with E-state index in [0.717, 1.165) is 18.3 Å². The van der Waals surface area contributed by atoms with Gasteiger partial charge in [0.1, 0.15) is 16.7 Å². The summed E-state index contributed by atoms with van der Waals surface area (Å²) in [5, 5.41) is 12.6. The molecule has 29 heavy (non-hydrogen) atoms. The van der Waals surface area contributed by atoms with Crippen molar-refractivity contribution < 1.29 is 9.50 Å². The van der Waals surface area contributed by atoms with Crippen molar-refractivity contribution >= 4 is 23.6 Å². The van der Waals surface area contributed by atoms with Gasteiger partial charge in [-0.15, -0.1) is 11.3 Å². The summed E-state index contributed by atoms with van der Waals surface area (Å²) < 4.78 is 15.3. The van der Waals surface area contributed by atoms with Gasteiger partial charge in [0.25, 0.3) is 5.56 Å². The van der Waals surface area contributed by atoms with Crippen LogP contribution in [0.25, 0.3) is 12.3 Å². The number of nitrogens with zero attached hydrogens (tertiary/aromatic N) is 1. The molecule has 0 amide bonds. The maximum Gasteiger partial charge on any atom is 0.266 e. The smallest absolute Gasteiger partial charge is 0.266 e. The van der Waals surface area contributed by atoms with Gasteiger partial charge in [0, 0.05) is 24.9 Å². The summed E-state index contributed by atoms with van der Waals surface area (Å²) in [6, 6.07) is 6.60. The molecule has 1 aliphatic rings. The Balaban J connectivity index is 1.94. The number of hydrogen-bond acceptors (Lipinski definition) is 5. The van der Waals surface area contributed by atoms with E-state index in [4.69, 9.17) is 0 Å². The van der Waals surface area contributed by atoms with Crippen LogP contribution < -0.4 is 20.1 Å². The lowest BCUT2D eigenvalue weighted by Crippen LogP contribution is -2.24. The number of aromatic nitrogens is 1. The molecule has 2 heterocycles. The number of nitrogens with one attached hydrogen (secondary N) is 2. The number of aliphatic hydroxyl groups is 1. The van der Waals surface area contributed by atoms with Crippen molar-refractivity contribution in [2.45, 2.75) is 13.0 Å². The van der Waals surface area contributed by atoms with Crippen molar-refractivity contribution in [1.29, 1.82) is 0 Å². The zero-order chi connectivity index (χ0) is 20.6. The number of rotatable bonds is 5. The first kappa shape index (κ1) is 20.4. The Labute approximate surface area is 171 Å². The van der Waals surface area contributed by atoms with Crippen LogP contribution in [0.5, 0.6) is 0 Å². The summed E-state index contributed by atoms with van der Waals surface area (Å²) in [7, 11) is 0. The molecule has 0 saturated heterocycles. The highest BCUT2D eigenvalue weighted by Crippen LogP contribution is 2.19. The van der Waals surface area contributed by atoms with Crippen molar-refractivity contribution in [3.63, 3.8) is 0 Å². The highest BCUT2D eigenvalue weighted by molar-refractivity contribution is 7.07. The molecule has 2 aromatic rings. The maximum atomic E-state index is 14.1. The fourth-order valence-electron chi connectivity index (χ4n) is 2.91. The van der Waals surface area contributed by atoms with E-state index < -0.39 is 0 Å². The van der Waals surface area contributed by atoms with Gasteiger partial charge in [-0.1, -0.05) is 36.9 Å². The first-order valence-electron chi connectivity index (χ1n) is 9.09. The third-order valence-electron chi connectivity index (χ3n) is 4.32. The van der Waals surface area contributed by atoms with Crippen LogP contribution in [0.3, 0.4) is 0 Å². The molecule has 1 aliphatic heterocycles. The predicted molar refractivity (Wildman–Crippen MR) is 116 cm³/mol. The van der Waals surface area contributed by atoms with Crippen LogP contribution in [0.4, 0.5) is 4.39 Å². The highest BCUT2D eigenvalue weighted by atomic mass is 32.1. The van der Waals surface area contributed by atoms with Gasteiger partial charge in [0.2, 0.25) is 0 Å². The van der Waals surface area contributed by atoms with Crippen LogP contribution in [-0.2, 0) is 6.54 Å². The molecule has 0 bridgehead atoms. The molecule has 3 N–H and O–H groups in total. The predicted octanol–water partition coefficient (Wildman–Crippen LogP) is 2.62. The Morgan fingerprint density at radius 1 is 1.38 bits per heavy atom. The van der Waals surface area contributed by atoms with Crippen LogP contribution in [0.2, 0.25) is 0 Å². The molecule has 0 radical (unpaired) electrons. The van der Waals surface area contributed by atoms with E-state index in [0.29, 0.717) is 33.5 Å². The molecular weight excluding hydrogens is 389 g/mol. The number of aliphatic hydroxyl groups excluding tert-OH is 1. The molecule has 1 aromatic heterocycles. The van der Waals surface area contributed by atoms with E-state index in [-0.39, 0.29) is 11.4 Å². The average molecular weight is 412 g/mol. The van der Waals surface area contributed by atoms with Crippen LogP contribution in [0, 0.1) is 5.82 Å². The molecule has 3 rings (SSSR count). The molecule has 1 aromatic carbocycles. The van der Waals surface area contributed by atoms with E-state index in [1.807, 2.05) is 17.1 Å². The number of halogens is 1. The van der Waals surface area contributed by atoms with Crippen LogP contribution in [0.15, 0.2) is 77.6 Å². The SMILES string of the molecule is C=CN/C=c1\[nH]c(=O)/c(=C/C2=C/C(=C/O)N(Cc3ccccc3F)CC/C=C\2)s1. The van der Waals surface area contributed by atoms with Crippen LogP contribution in [-0.4, -0.2) is 21.5 Å². The first-order chi connectivity index (χ1) is 14.1. The van der Waals surface area contributed by atoms with E-state index in [2.05, 4.69) is 16.9 Å². The van der Waals surface area contributed by atoms with Gasteiger partial charge in [0.05, 0.1) is 10.2 Å². The lowest BCUT2D eigenvalue weighted by Gasteiger charge is -2.26. The Kier molecular flexibility index (Phi) is 6.86. The fourth-order valence-corrected chi connectivity index (χ4v) is 3.76. The van der Waals surface area contributed by atoms with E-state index in [9.17, 15) is 14.3 Å². The van der Waals surface area contributed by atoms with Gasteiger partial charge in [-0.05, 0) is 36.4 Å². The van der Waals surface area contributed by atoms with E-state index in [1.165, 1.54) is 23.6 Å². The lowest BCUT2D eigenvalue weighted by atomic mass is 10.1. The van der Waals surface area contributed by atoms with Crippen molar-refractivity contribution in [3.05, 3.63) is 104 Å². The largest absolute Gasteiger partial charge is 0.513 e. The molecular formula is C22H22FN3O2S. The summed E-state index contributed by atoms with van der Waals surface area (Å²) in [5.74, 6) is -0.278. The zero-order valence-electron chi connectivity index (χ0n) is 15.8. The Morgan fingerprint density at radius 3 is 2.97 bits per heavy atom. The minimum Gasteiger partial charge on any atom is -0.513 e. The molecule has 0 aliphatic carbocycles. The zero-order valence-corrected chi connectivity index (χ0v) is 16.6. The second kappa shape index (κ2) is 9.75. The van der Waals surface area contributed by atoms with Gasteiger partial charge in [0.15, 0.2) is 0 Å². The van der Waals surface area contributed by atoms with Crippen molar-refractivity contribution in [2.24, 2.45) is 0 Å². The van der Waals surface area contributed by atoms with Gasteiger partial charge < -0.3 is 20.3 Å². The third kappa shape index (κ3) is 5.36. The number of thiazole rings is 1. The molecule has 0 fully saturated rings. The van der Waals surface area contributed by atoms with E-state index in [1.54, 1.807) is 36.6 Å². The Bertz CT molecular complexity index is 1140. The summed E-state index contributed by atoms with van der Waals surface area (Å²) in [4.78, 5) is 16.9. The molecule has 0 unspecified atom stereocenters. The molecule has 0 spiro atoms. The Hall–Kier alpha value is -3.32. The summed E-state index contributed by atoms with van der Waals surface area (Å²) >= 11 is 1.31. The average Bonchev–Trinajstić information content (AvgIpc) is 3.05. The third-order valence-corrected chi connectivity index (χ3v) is 5.28. The number of H-pyrrole nitrogens is 1. The lowest BCUT2D eigenvalue weighted by molar-refractivity contribution is 0.327. The van der Waals surface area contributed by atoms with Crippen LogP contribution >= 0.6 is 11.3 Å². The molecule has 5 nitrogen and oxygen atoms in total. The number of aromatic amines is 1. The second-order valence-electron chi connectivity index (χ2n) is 6.35. The van der Waals surface area contributed by atoms with Gasteiger partial charge in [-0.3, -0.25) is 4.79 Å². The second-order valence-corrected chi connectivity index (χ2v) is 7.43. The molecule has 7 heteroatoms. The Morgan fingerprint density at radius 2 is 2.21 bits per heavy atom. The minimum absolute atomic E-state index is 0.193. The molecule has 0 saturated carbocycles. The van der Waals surface area contributed by atoms with Gasteiger partial charge in [-0.25, -0.2) is 4.39 Å². The highest BCUT2D eigenvalue weighted by Gasteiger charge is 2.13. The first-order valence-corrected chi connectivity index (χ1v) is 9.91. The number of allylic oxidation sites excluding steroid dienone is 3. The maximum absolute atomic E-state index is 14.1.